The molecule has 0 saturated heterocycles. The summed E-state index contributed by atoms with van der Waals surface area (Å²) < 4.78 is 27.7. The molecule has 1 aromatic carbocycles. The Morgan fingerprint density at radius 2 is 1.95 bits per heavy atom. The number of carbonyl (C=O) groups excluding carboxylic acids is 1. The summed E-state index contributed by atoms with van der Waals surface area (Å²) in [5.41, 5.74) is 1.67. The lowest BCUT2D eigenvalue weighted by molar-refractivity contribution is 0.0717. The fraction of sp³-hybridized carbons (Fsp3) is 0. The number of rotatable bonds is 2. The monoisotopic (exact) mass is 365 g/mol. The number of fused-ring (bicyclic) bond motifs is 1. The van der Waals surface area contributed by atoms with Gasteiger partial charge in [-0.2, -0.15) is 0 Å². The zero-order valence-corrected chi connectivity index (χ0v) is 12.9. The molecule has 1 aliphatic heterocycles. The molecule has 0 bridgehead atoms. The fourth-order valence-corrected chi connectivity index (χ4v) is 2.65. The predicted octanol–water partition coefficient (Wildman–Crippen LogP) is 2.48. The minimum atomic E-state index is -2.65. The molecule has 0 unspecified atom stereocenters. The maximum atomic E-state index is 11.7. The molecule has 0 N–H and O–H groups in total. The molecule has 106 valence electrons. The molecule has 2 aromatic rings. The summed E-state index contributed by atoms with van der Waals surface area (Å²) in [6, 6.07) is 8.23. The first-order valence-corrected chi connectivity index (χ1v) is 7.86. The van der Waals surface area contributed by atoms with Gasteiger partial charge in [-0.15, -0.1) is 0 Å². The van der Waals surface area contributed by atoms with Gasteiger partial charge in [0.05, 0.1) is 16.2 Å². The van der Waals surface area contributed by atoms with Gasteiger partial charge >= 0.3 is 5.97 Å². The molecule has 0 amide bonds. The Kier molecular flexibility index (Phi) is 3.60. The summed E-state index contributed by atoms with van der Waals surface area (Å²) in [6.07, 6.45) is 2.86. The van der Waals surface area contributed by atoms with E-state index in [1.165, 1.54) is 12.3 Å². The number of aromatic nitrogens is 1. The standard InChI is InChI=1S/C14H8BrNO4S/c15-8-1-4-11-12(5-8)13(20-14(11)17)6-9-2-3-10(7-16-9)21(18)19/h1-7,21H/b13-6-. The van der Waals surface area contributed by atoms with Crippen molar-refractivity contribution < 1.29 is 17.9 Å². The first kappa shape index (κ1) is 14.0. The van der Waals surface area contributed by atoms with Crippen LogP contribution in [0.3, 0.4) is 0 Å². The molecule has 0 fully saturated rings. The van der Waals surface area contributed by atoms with Gasteiger partial charge in [0.25, 0.3) is 0 Å². The number of halogens is 1. The van der Waals surface area contributed by atoms with E-state index in [1.807, 2.05) is 0 Å². The highest BCUT2D eigenvalue weighted by Gasteiger charge is 2.26. The smallest absolute Gasteiger partial charge is 0.344 e. The second-order valence-corrected chi connectivity index (χ2v) is 6.23. The molecular weight excluding hydrogens is 358 g/mol. The maximum Gasteiger partial charge on any atom is 0.344 e. The van der Waals surface area contributed by atoms with E-state index in [1.54, 1.807) is 30.3 Å². The Balaban J connectivity index is 2.02. The lowest BCUT2D eigenvalue weighted by atomic mass is 10.1. The van der Waals surface area contributed by atoms with Crippen LogP contribution >= 0.6 is 15.9 Å². The van der Waals surface area contributed by atoms with Gasteiger partial charge in [0.1, 0.15) is 5.76 Å². The summed E-state index contributed by atoms with van der Waals surface area (Å²) in [4.78, 5) is 15.9. The molecule has 1 aromatic heterocycles. The van der Waals surface area contributed by atoms with Crippen molar-refractivity contribution in [2.75, 3.05) is 0 Å². The lowest BCUT2D eigenvalue weighted by Gasteiger charge is -1.99. The summed E-state index contributed by atoms with van der Waals surface area (Å²) in [6.45, 7) is 0. The Morgan fingerprint density at radius 1 is 1.14 bits per heavy atom. The Bertz CT molecular complexity index is 833. The van der Waals surface area contributed by atoms with Crippen molar-refractivity contribution in [3.05, 3.63) is 57.8 Å². The third kappa shape index (κ3) is 2.74. The average Bonchev–Trinajstić information content (AvgIpc) is 2.75. The Labute approximate surface area is 130 Å². The van der Waals surface area contributed by atoms with Gasteiger partial charge in [0, 0.05) is 22.3 Å². The molecule has 0 spiro atoms. The molecule has 0 atom stereocenters. The zero-order valence-electron chi connectivity index (χ0n) is 10.4. The van der Waals surface area contributed by atoms with Crippen LogP contribution in [0, 0.1) is 0 Å². The van der Waals surface area contributed by atoms with Crippen molar-refractivity contribution >= 4 is 44.4 Å². The molecular formula is C14H8BrNO4S. The number of benzene rings is 1. The minimum absolute atomic E-state index is 0.138. The highest BCUT2D eigenvalue weighted by Crippen LogP contribution is 2.33. The molecule has 0 radical (unpaired) electrons. The molecule has 0 aliphatic carbocycles. The number of hydrogen-bond donors (Lipinski definition) is 1. The van der Waals surface area contributed by atoms with Crippen molar-refractivity contribution in [2.24, 2.45) is 0 Å². The number of pyridine rings is 1. The van der Waals surface area contributed by atoms with Crippen LogP contribution in [0.25, 0.3) is 11.8 Å². The van der Waals surface area contributed by atoms with Gasteiger partial charge in [-0.05, 0) is 30.3 Å². The molecule has 7 heteroatoms. The van der Waals surface area contributed by atoms with Gasteiger partial charge in [-0.25, -0.2) is 13.2 Å². The van der Waals surface area contributed by atoms with Gasteiger partial charge in [-0.1, -0.05) is 15.9 Å². The highest BCUT2D eigenvalue weighted by molar-refractivity contribution is 9.10. The van der Waals surface area contributed by atoms with Gasteiger partial charge in [0.15, 0.2) is 10.7 Å². The molecule has 21 heavy (non-hydrogen) atoms. The lowest BCUT2D eigenvalue weighted by Crippen LogP contribution is -1.92. The topological polar surface area (TPSA) is 73.3 Å². The van der Waals surface area contributed by atoms with Crippen LogP contribution in [-0.4, -0.2) is 19.4 Å². The van der Waals surface area contributed by atoms with Crippen LogP contribution in [-0.2, 0) is 15.4 Å². The van der Waals surface area contributed by atoms with Gasteiger partial charge in [-0.3, -0.25) is 4.98 Å². The van der Waals surface area contributed by atoms with Crippen LogP contribution in [0.15, 0.2) is 45.9 Å². The molecule has 5 nitrogen and oxygen atoms in total. The third-order valence-corrected chi connectivity index (χ3v) is 4.11. The van der Waals surface area contributed by atoms with E-state index in [0.717, 1.165) is 4.47 Å². The first-order valence-electron chi connectivity index (χ1n) is 5.89. The molecule has 2 heterocycles. The average molecular weight is 366 g/mol. The minimum Gasteiger partial charge on any atom is -0.422 e. The van der Waals surface area contributed by atoms with Crippen molar-refractivity contribution in [3.63, 3.8) is 0 Å². The third-order valence-electron chi connectivity index (χ3n) is 2.93. The summed E-state index contributed by atoms with van der Waals surface area (Å²) in [7, 11) is -2.65. The van der Waals surface area contributed by atoms with E-state index in [-0.39, 0.29) is 4.90 Å². The number of ether oxygens (including phenoxy) is 1. The van der Waals surface area contributed by atoms with Crippen molar-refractivity contribution in [3.8, 4) is 0 Å². The quantitative estimate of drug-likeness (QED) is 0.653. The van der Waals surface area contributed by atoms with Crippen LogP contribution in [0.5, 0.6) is 0 Å². The fourth-order valence-electron chi connectivity index (χ4n) is 1.94. The molecule has 0 saturated carbocycles. The number of nitrogens with zero attached hydrogens (tertiary/aromatic N) is 1. The van der Waals surface area contributed by atoms with E-state index < -0.39 is 16.7 Å². The first-order chi connectivity index (χ1) is 10.0. The van der Waals surface area contributed by atoms with Crippen molar-refractivity contribution in [2.45, 2.75) is 4.90 Å². The highest BCUT2D eigenvalue weighted by atomic mass is 79.9. The van der Waals surface area contributed by atoms with Crippen molar-refractivity contribution in [1.29, 1.82) is 0 Å². The summed E-state index contributed by atoms with van der Waals surface area (Å²) in [5.74, 6) is -0.0222. The van der Waals surface area contributed by atoms with Crippen LogP contribution in [0.4, 0.5) is 0 Å². The summed E-state index contributed by atoms with van der Waals surface area (Å²) in [5, 5.41) is 0. The number of carbonyl (C=O) groups is 1. The van der Waals surface area contributed by atoms with E-state index in [2.05, 4.69) is 20.9 Å². The summed E-state index contributed by atoms with van der Waals surface area (Å²) >= 11 is 3.35. The van der Waals surface area contributed by atoms with Crippen LogP contribution < -0.4 is 0 Å². The van der Waals surface area contributed by atoms with Crippen LogP contribution in [0.2, 0.25) is 0 Å². The predicted molar refractivity (Wildman–Crippen MR) is 80.2 cm³/mol. The maximum absolute atomic E-state index is 11.7. The van der Waals surface area contributed by atoms with Gasteiger partial charge < -0.3 is 4.74 Å². The van der Waals surface area contributed by atoms with E-state index >= 15 is 0 Å². The number of thiol groups is 1. The normalized spacial score (nSPS) is 15.3. The Hall–Kier alpha value is -1.99. The Morgan fingerprint density at radius 3 is 2.62 bits per heavy atom. The van der Waals surface area contributed by atoms with E-state index in [0.29, 0.717) is 22.6 Å². The largest absolute Gasteiger partial charge is 0.422 e. The van der Waals surface area contributed by atoms with E-state index in [9.17, 15) is 13.2 Å². The van der Waals surface area contributed by atoms with Gasteiger partial charge in [0.2, 0.25) is 0 Å². The number of hydrogen-bond acceptors (Lipinski definition) is 5. The zero-order chi connectivity index (χ0) is 15.0. The SMILES string of the molecule is O=C1O/C(=C\c2ccc([SH](=O)=O)cn2)c2cc(Br)ccc21. The number of cyclic esters (lactones) is 1. The second-order valence-electron chi connectivity index (χ2n) is 4.29. The van der Waals surface area contributed by atoms with Crippen molar-refractivity contribution in [1.82, 2.24) is 4.98 Å². The van der Waals surface area contributed by atoms with Crippen LogP contribution in [0.1, 0.15) is 21.6 Å². The number of esters is 1. The molecule has 1 aliphatic rings. The second kappa shape index (κ2) is 5.42. The molecule has 3 rings (SSSR count). The van der Waals surface area contributed by atoms with E-state index in [4.69, 9.17) is 4.74 Å².